The fourth-order valence-electron chi connectivity index (χ4n) is 9.37. The Morgan fingerprint density at radius 3 is 1.42 bits per heavy atom. The zero-order chi connectivity index (χ0) is 60.4. The zero-order valence-electron chi connectivity index (χ0n) is 48.5. The lowest BCUT2D eigenvalue weighted by atomic mass is 9.92. The van der Waals surface area contributed by atoms with Crippen molar-refractivity contribution in [2.24, 2.45) is 46.4 Å². The number of nitrogens with two attached hydrogens (primary N) is 5. The van der Waals surface area contributed by atoms with E-state index in [0.29, 0.717) is 12.0 Å². The van der Waals surface area contributed by atoms with Crippen molar-refractivity contribution in [2.45, 2.75) is 198 Å². The van der Waals surface area contributed by atoms with E-state index in [1.165, 1.54) is 0 Å². The highest BCUT2D eigenvalue weighted by atomic mass is 16.3. The fourth-order valence-corrected chi connectivity index (χ4v) is 9.37. The topological polar surface area (TPSA) is 429 Å². The number of amides is 9. The van der Waals surface area contributed by atoms with Gasteiger partial charge in [0.05, 0.1) is 18.6 Å². The van der Waals surface area contributed by atoms with Crippen molar-refractivity contribution in [3.8, 4) is 0 Å². The van der Waals surface area contributed by atoms with E-state index in [-0.39, 0.29) is 115 Å². The lowest BCUT2D eigenvalue weighted by Gasteiger charge is -2.29. The van der Waals surface area contributed by atoms with Gasteiger partial charge >= 0.3 is 0 Å². The van der Waals surface area contributed by atoms with E-state index < -0.39 is 126 Å². The molecule has 9 amide bonds. The molecular formula is C56H98N14O11. The number of unbranched alkanes of at least 4 members (excludes halogenated alkanes) is 4. The standard InChI is InChI=1S/C56H98N14O11/c1-6-7-8-9-13-16-38(71)33-48(73)63-39(17-23-57)47(72)32-37-22-28-62-50(75)44(29-34(2)3)68-53(78)42(20-26-60)66-52(77)41(19-25-59)67-56(81)46(31-36-14-11-10-12-15-36)70-55(80)45(30-35(4)5)69-54(79)43(21-27-61)65-51(76)40(18-24-58)64-49(37)74/h10-12,14-15,34-35,37-46,71H,6-9,13,16-33,57-61H2,1-5H3,(H,62,75)(H,63,73)(H,64,74)(H,65,76)(H,66,77)(H,67,81)(H,68,78)(H,69,79)(H,70,80)/t37-,38-,39-,40-,41+,42+,43+,44+,45+,46-/m1/s1. The number of hydrogen-bond donors (Lipinski definition) is 15. The van der Waals surface area contributed by atoms with Crippen molar-refractivity contribution >= 4 is 58.9 Å². The molecule has 10 atom stereocenters. The van der Waals surface area contributed by atoms with Gasteiger partial charge in [0.25, 0.3) is 0 Å². The molecule has 1 heterocycles. The second kappa shape index (κ2) is 39.3. The summed E-state index contributed by atoms with van der Waals surface area (Å²) in [6.45, 7) is 8.71. The third-order valence-electron chi connectivity index (χ3n) is 13.8. The summed E-state index contributed by atoms with van der Waals surface area (Å²) in [5.74, 6) is -9.04. The molecule has 0 spiro atoms. The number of carbonyl (C=O) groups excluding carboxylic acids is 10. The minimum atomic E-state index is -1.38. The number of hydrogen-bond acceptors (Lipinski definition) is 16. The van der Waals surface area contributed by atoms with Crippen LogP contribution in [0.4, 0.5) is 0 Å². The molecule has 0 aromatic heterocycles. The predicted molar refractivity (Wildman–Crippen MR) is 308 cm³/mol. The number of rotatable bonds is 28. The number of aliphatic hydroxyl groups excluding tert-OH is 1. The summed E-state index contributed by atoms with van der Waals surface area (Å²) in [7, 11) is 0. The molecule has 81 heavy (non-hydrogen) atoms. The first-order valence-electron chi connectivity index (χ1n) is 29.1. The summed E-state index contributed by atoms with van der Waals surface area (Å²) < 4.78 is 0. The molecular weight excluding hydrogens is 1040 g/mol. The Morgan fingerprint density at radius 1 is 0.543 bits per heavy atom. The molecule has 1 aliphatic rings. The fraction of sp³-hybridized carbons (Fsp3) is 0.714. The van der Waals surface area contributed by atoms with Crippen LogP contribution in [0.3, 0.4) is 0 Å². The maximum absolute atomic E-state index is 14.5. The monoisotopic (exact) mass is 1140 g/mol. The zero-order valence-corrected chi connectivity index (χ0v) is 48.5. The van der Waals surface area contributed by atoms with Crippen LogP contribution < -0.4 is 76.5 Å². The van der Waals surface area contributed by atoms with Gasteiger partial charge in [-0.2, -0.15) is 0 Å². The van der Waals surface area contributed by atoms with Crippen LogP contribution in [-0.2, 0) is 54.4 Å². The van der Waals surface area contributed by atoms with E-state index in [2.05, 4.69) is 54.8 Å². The van der Waals surface area contributed by atoms with Gasteiger partial charge in [0.2, 0.25) is 53.2 Å². The molecule has 1 saturated heterocycles. The summed E-state index contributed by atoms with van der Waals surface area (Å²) in [6.07, 6.45) is 2.90. The van der Waals surface area contributed by atoms with Crippen LogP contribution in [0.2, 0.25) is 0 Å². The molecule has 0 aliphatic carbocycles. The summed E-state index contributed by atoms with van der Waals surface area (Å²) in [6, 6.07) is -1.57. The third-order valence-corrected chi connectivity index (χ3v) is 13.8. The summed E-state index contributed by atoms with van der Waals surface area (Å²) in [5.41, 5.74) is 30.3. The molecule has 1 aromatic carbocycles. The molecule has 0 radical (unpaired) electrons. The van der Waals surface area contributed by atoms with Gasteiger partial charge in [0, 0.05) is 25.3 Å². The third kappa shape index (κ3) is 27.5. The molecule has 0 bridgehead atoms. The first-order valence-corrected chi connectivity index (χ1v) is 29.1. The predicted octanol–water partition coefficient (Wildman–Crippen LogP) is -1.85. The van der Waals surface area contributed by atoms with Crippen LogP contribution in [0.5, 0.6) is 0 Å². The van der Waals surface area contributed by atoms with Gasteiger partial charge in [-0.05, 0) is 108 Å². The Bertz CT molecular complexity index is 2140. The van der Waals surface area contributed by atoms with E-state index in [1.807, 2.05) is 27.7 Å². The molecule has 25 nitrogen and oxygen atoms in total. The molecule has 1 fully saturated rings. The number of nitrogens with one attached hydrogen (secondary N) is 9. The number of Topliss-reactive ketones (excluding diaryl/α,β-unsaturated/α-hetero) is 1. The van der Waals surface area contributed by atoms with Gasteiger partial charge < -0.3 is 81.6 Å². The highest BCUT2D eigenvalue weighted by molar-refractivity contribution is 5.98. The lowest BCUT2D eigenvalue weighted by molar-refractivity contribution is -0.136. The van der Waals surface area contributed by atoms with E-state index >= 15 is 0 Å². The SMILES string of the molecule is CCCCCCC[C@@H](O)CC(=O)N[C@H](CCN)C(=O)C[C@H]1CCNC(=O)[C@H](CC(C)C)NC(=O)[C@H](CCN)NC(=O)[C@H](CCN)NC(=O)[C@@H](Cc2ccccc2)NC(=O)[C@H](CC(C)C)NC(=O)[C@H](CCN)NC(=O)[C@@H](CCN)NC1=O. The highest BCUT2D eigenvalue weighted by Gasteiger charge is 2.36. The van der Waals surface area contributed by atoms with Gasteiger partial charge in [-0.25, -0.2) is 0 Å². The Morgan fingerprint density at radius 2 is 0.963 bits per heavy atom. The lowest BCUT2D eigenvalue weighted by Crippen LogP contribution is -2.61. The van der Waals surface area contributed by atoms with Crippen molar-refractivity contribution in [2.75, 3.05) is 39.3 Å². The second-order valence-electron chi connectivity index (χ2n) is 21.9. The average molecular weight is 1140 g/mol. The molecule has 1 aliphatic heterocycles. The molecule has 458 valence electrons. The van der Waals surface area contributed by atoms with E-state index in [1.54, 1.807) is 30.3 Å². The van der Waals surface area contributed by atoms with Gasteiger partial charge in [-0.3, -0.25) is 47.9 Å². The van der Waals surface area contributed by atoms with Gasteiger partial charge in [0.1, 0.15) is 42.3 Å². The highest BCUT2D eigenvalue weighted by Crippen LogP contribution is 2.17. The van der Waals surface area contributed by atoms with E-state index in [9.17, 15) is 53.1 Å². The van der Waals surface area contributed by atoms with Crippen molar-refractivity contribution in [1.82, 2.24) is 47.9 Å². The smallest absolute Gasteiger partial charge is 0.243 e. The Balaban J connectivity index is 2.73. The largest absolute Gasteiger partial charge is 0.393 e. The van der Waals surface area contributed by atoms with Crippen molar-refractivity contribution in [1.29, 1.82) is 0 Å². The first kappa shape index (κ1) is 71.0. The minimum Gasteiger partial charge on any atom is -0.393 e. The van der Waals surface area contributed by atoms with Crippen LogP contribution in [0.1, 0.15) is 143 Å². The van der Waals surface area contributed by atoms with Crippen molar-refractivity contribution < 1.29 is 53.1 Å². The molecule has 25 heteroatoms. The molecule has 1 aromatic rings. The molecule has 0 unspecified atom stereocenters. The minimum absolute atomic E-state index is 0.00991. The van der Waals surface area contributed by atoms with Crippen molar-refractivity contribution in [3.05, 3.63) is 35.9 Å². The Hall–Kier alpha value is -6.12. The van der Waals surface area contributed by atoms with Crippen LogP contribution in [0.15, 0.2) is 30.3 Å². The maximum Gasteiger partial charge on any atom is 0.243 e. The summed E-state index contributed by atoms with van der Waals surface area (Å²) in [4.78, 5) is 141. The molecule has 0 saturated carbocycles. The van der Waals surface area contributed by atoms with Crippen molar-refractivity contribution in [3.63, 3.8) is 0 Å². The van der Waals surface area contributed by atoms with Crippen LogP contribution >= 0.6 is 0 Å². The van der Waals surface area contributed by atoms with Gasteiger partial charge in [-0.1, -0.05) is 97.1 Å². The first-order chi connectivity index (χ1) is 38.6. The number of benzene rings is 1. The van der Waals surface area contributed by atoms with Crippen LogP contribution in [-0.4, -0.2) is 158 Å². The van der Waals surface area contributed by atoms with E-state index in [4.69, 9.17) is 28.7 Å². The maximum atomic E-state index is 14.5. The number of ketones is 1. The Labute approximate surface area is 478 Å². The van der Waals surface area contributed by atoms with E-state index in [0.717, 1.165) is 32.1 Å². The van der Waals surface area contributed by atoms with Crippen LogP contribution in [0.25, 0.3) is 0 Å². The van der Waals surface area contributed by atoms with Crippen LogP contribution in [0, 0.1) is 17.8 Å². The summed E-state index contributed by atoms with van der Waals surface area (Å²) in [5, 5.41) is 34.9. The summed E-state index contributed by atoms with van der Waals surface area (Å²) >= 11 is 0. The average Bonchev–Trinajstić information content (AvgIpc) is 3.40. The Kier molecular flexibility index (Phi) is 34.5. The quantitative estimate of drug-likeness (QED) is 0.0410. The number of carbonyl (C=O) groups is 10. The molecule has 20 N–H and O–H groups in total. The molecule has 2 rings (SSSR count). The van der Waals surface area contributed by atoms with Gasteiger partial charge in [-0.15, -0.1) is 0 Å². The normalized spacial score (nSPS) is 23.4. The second-order valence-corrected chi connectivity index (χ2v) is 21.9. The van der Waals surface area contributed by atoms with Gasteiger partial charge in [0.15, 0.2) is 5.78 Å². The number of aliphatic hydroxyl groups is 1.